The van der Waals surface area contributed by atoms with E-state index in [-0.39, 0.29) is 11.1 Å². The molecule has 0 aliphatic carbocycles. The van der Waals surface area contributed by atoms with E-state index in [1.165, 1.54) is 12.1 Å². The van der Waals surface area contributed by atoms with Gasteiger partial charge in [-0.15, -0.1) is 0 Å². The van der Waals surface area contributed by atoms with Gasteiger partial charge in [0.05, 0.1) is 11.1 Å². The zero-order valence-electron chi connectivity index (χ0n) is 11.3. The van der Waals surface area contributed by atoms with Gasteiger partial charge in [0.1, 0.15) is 0 Å². The fraction of sp³-hybridized carbons (Fsp3) is 0.429. The van der Waals surface area contributed by atoms with Crippen molar-refractivity contribution in [3.63, 3.8) is 0 Å². The number of carbonyl (C=O) groups excluding carboxylic acids is 2. The second-order valence-corrected chi connectivity index (χ2v) is 4.97. The lowest BCUT2D eigenvalue weighted by atomic mass is 10.1. The van der Waals surface area contributed by atoms with Crippen LogP contribution in [0.3, 0.4) is 0 Å². The van der Waals surface area contributed by atoms with E-state index in [4.69, 9.17) is 32.7 Å². The first-order valence-electron chi connectivity index (χ1n) is 6.28. The zero-order valence-corrected chi connectivity index (χ0v) is 12.8. The molecule has 0 saturated carbocycles. The van der Waals surface area contributed by atoms with Crippen LogP contribution in [0.1, 0.15) is 47.4 Å². The fourth-order valence-electron chi connectivity index (χ4n) is 1.37. The van der Waals surface area contributed by atoms with Gasteiger partial charge in [-0.25, -0.2) is 9.59 Å². The predicted molar refractivity (Wildman–Crippen MR) is 77.1 cm³/mol. The third kappa shape index (κ3) is 4.69. The van der Waals surface area contributed by atoms with Crippen molar-refractivity contribution in [3.05, 3.63) is 35.4 Å². The van der Waals surface area contributed by atoms with Crippen LogP contribution in [0.4, 0.5) is 0 Å². The molecule has 2 unspecified atom stereocenters. The van der Waals surface area contributed by atoms with E-state index in [1.54, 1.807) is 26.0 Å². The SMILES string of the molecule is CCC(Cl)OC(=O)c1ccccc1C(=O)OC(Cl)CC. The Balaban J connectivity index is 2.93. The Labute approximate surface area is 128 Å². The van der Waals surface area contributed by atoms with Crippen LogP contribution in [0.5, 0.6) is 0 Å². The van der Waals surface area contributed by atoms with Crippen LogP contribution in [0.25, 0.3) is 0 Å². The van der Waals surface area contributed by atoms with E-state index < -0.39 is 23.1 Å². The fourth-order valence-corrected chi connectivity index (χ4v) is 1.53. The summed E-state index contributed by atoms with van der Waals surface area (Å²) in [6.07, 6.45) is 0.943. The summed E-state index contributed by atoms with van der Waals surface area (Å²) in [4.78, 5) is 23.9. The molecule has 110 valence electrons. The van der Waals surface area contributed by atoms with Gasteiger partial charge in [0.25, 0.3) is 0 Å². The van der Waals surface area contributed by atoms with Crippen LogP contribution in [0.2, 0.25) is 0 Å². The molecule has 0 heterocycles. The summed E-state index contributed by atoms with van der Waals surface area (Å²) in [5.74, 6) is -1.33. The van der Waals surface area contributed by atoms with E-state index >= 15 is 0 Å². The smallest absolute Gasteiger partial charge is 0.340 e. The van der Waals surface area contributed by atoms with Crippen LogP contribution < -0.4 is 0 Å². The van der Waals surface area contributed by atoms with E-state index in [1.807, 2.05) is 0 Å². The maximum absolute atomic E-state index is 11.9. The van der Waals surface area contributed by atoms with E-state index in [0.717, 1.165) is 0 Å². The lowest BCUT2D eigenvalue weighted by Gasteiger charge is -2.13. The van der Waals surface area contributed by atoms with Crippen LogP contribution >= 0.6 is 23.2 Å². The summed E-state index contributed by atoms with van der Waals surface area (Å²) >= 11 is 11.5. The van der Waals surface area contributed by atoms with Gasteiger partial charge < -0.3 is 9.47 Å². The summed E-state index contributed by atoms with van der Waals surface area (Å²) in [6, 6.07) is 6.21. The molecule has 0 radical (unpaired) electrons. The summed E-state index contributed by atoms with van der Waals surface area (Å²) < 4.78 is 9.99. The van der Waals surface area contributed by atoms with Crippen molar-refractivity contribution in [2.45, 2.75) is 37.8 Å². The molecule has 1 aromatic rings. The van der Waals surface area contributed by atoms with Gasteiger partial charge in [0.15, 0.2) is 11.1 Å². The van der Waals surface area contributed by atoms with Crippen LogP contribution in [0, 0.1) is 0 Å². The topological polar surface area (TPSA) is 52.6 Å². The molecule has 1 aromatic carbocycles. The molecule has 4 nitrogen and oxygen atoms in total. The van der Waals surface area contributed by atoms with Crippen LogP contribution in [0.15, 0.2) is 24.3 Å². The number of carbonyl (C=O) groups is 2. The Morgan fingerprint density at radius 1 is 0.950 bits per heavy atom. The van der Waals surface area contributed by atoms with Crippen molar-refractivity contribution >= 4 is 35.1 Å². The summed E-state index contributed by atoms with van der Waals surface area (Å²) in [5.41, 5.74) is -1.25. The minimum Gasteiger partial charge on any atom is -0.442 e. The van der Waals surface area contributed by atoms with Gasteiger partial charge in [0, 0.05) is 0 Å². The molecular weight excluding hydrogens is 303 g/mol. The van der Waals surface area contributed by atoms with Crippen molar-refractivity contribution in [1.82, 2.24) is 0 Å². The monoisotopic (exact) mass is 318 g/mol. The van der Waals surface area contributed by atoms with Crippen molar-refractivity contribution in [3.8, 4) is 0 Å². The molecular formula is C14H16Cl2O4. The number of halogens is 2. The molecule has 0 N–H and O–H groups in total. The lowest BCUT2D eigenvalue weighted by Crippen LogP contribution is -2.18. The number of alkyl halides is 2. The predicted octanol–water partition coefficient (Wildman–Crippen LogP) is 3.95. The summed E-state index contributed by atoms with van der Waals surface area (Å²) in [7, 11) is 0. The second-order valence-electron chi connectivity index (χ2n) is 3.99. The maximum Gasteiger partial charge on any atom is 0.340 e. The Morgan fingerprint density at radius 3 is 1.60 bits per heavy atom. The average molecular weight is 319 g/mol. The van der Waals surface area contributed by atoms with Gasteiger partial charge in [-0.05, 0) is 25.0 Å². The van der Waals surface area contributed by atoms with Gasteiger partial charge in [-0.3, -0.25) is 0 Å². The van der Waals surface area contributed by atoms with Gasteiger partial charge in [-0.1, -0.05) is 49.2 Å². The molecule has 0 aliphatic heterocycles. The molecule has 2 atom stereocenters. The Bertz CT molecular complexity index is 433. The third-order valence-corrected chi connectivity index (χ3v) is 3.27. The van der Waals surface area contributed by atoms with E-state index in [2.05, 4.69) is 0 Å². The molecule has 0 fully saturated rings. The number of hydrogen-bond acceptors (Lipinski definition) is 4. The molecule has 1 rings (SSSR count). The molecule has 0 spiro atoms. The standard InChI is InChI=1S/C14H16Cl2O4/c1-3-11(15)19-13(17)9-7-5-6-8-10(9)14(18)20-12(16)4-2/h5-8,11-12H,3-4H2,1-2H3. The Kier molecular flexibility index (Phi) is 6.82. The first-order chi connectivity index (χ1) is 9.49. The second kappa shape index (κ2) is 8.12. The highest BCUT2D eigenvalue weighted by Crippen LogP contribution is 2.16. The van der Waals surface area contributed by atoms with E-state index in [0.29, 0.717) is 12.8 Å². The number of esters is 2. The lowest BCUT2D eigenvalue weighted by molar-refractivity contribution is 0.0395. The van der Waals surface area contributed by atoms with Gasteiger partial charge in [0.2, 0.25) is 0 Å². The molecule has 0 bridgehead atoms. The Morgan fingerprint density at radius 2 is 1.30 bits per heavy atom. The molecule has 20 heavy (non-hydrogen) atoms. The number of hydrogen-bond donors (Lipinski definition) is 0. The molecule has 0 saturated heterocycles. The minimum atomic E-state index is -0.733. The van der Waals surface area contributed by atoms with Gasteiger partial charge in [-0.2, -0.15) is 0 Å². The quantitative estimate of drug-likeness (QED) is 0.588. The van der Waals surface area contributed by atoms with Crippen molar-refractivity contribution < 1.29 is 19.1 Å². The highest BCUT2D eigenvalue weighted by molar-refractivity contribution is 6.21. The first-order valence-corrected chi connectivity index (χ1v) is 7.16. The Hall–Kier alpha value is -1.26. The normalized spacial score (nSPS) is 13.4. The van der Waals surface area contributed by atoms with Crippen molar-refractivity contribution in [2.24, 2.45) is 0 Å². The van der Waals surface area contributed by atoms with Crippen LogP contribution in [-0.2, 0) is 9.47 Å². The molecule has 0 amide bonds. The highest BCUT2D eigenvalue weighted by atomic mass is 35.5. The third-order valence-electron chi connectivity index (χ3n) is 2.48. The summed E-state index contributed by atoms with van der Waals surface area (Å²) in [5, 5.41) is 0. The van der Waals surface area contributed by atoms with Gasteiger partial charge >= 0.3 is 11.9 Å². The maximum atomic E-state index is 11.9. The van der Waals surface area contributed by atoms with Crippen molar-refractivity contribution in [2.75, 3.05) is 0 Å². The molecule has 0 aliphatic rings. The first kappa shape index (κ1) is 16.8. The van der Waals surface area contributed by atoms with Crippen molar-refractivity contribution in [1.29, 1.82) is 0 Å². The largest absolute Gasteiger partial charge is 0.442 e. The van der Waals surface area contributed by atoms with E-state index in [9.17, 15) is 9.59 Å². The number of benzene rings is 1. The molecule has 0 aromatic heterocycles. The number of rotatable bonds is 6. The molecule has 6 heteroatoms. The van der Waals surface area contributed by atoms with Crippen LogP contribution in [-0.4, -0.2) is 23.1 Å². The average Bonchev–Trinajstić information content (AvgIpc) is 2.46. The highest BCUT2D eigenvalue weighted by Gasteiger charge is 2.22. The zero-order chi connectivity index (χ0) is 15.1. The number of ether oxygens (including phenoxy) is 2. The summed E-state index contributed by atoms with van der Waals surface area (Å²) in [6.45, 7) is 3.56. The minimum absolute atomic E-state index is 0.108.